The first-order valence-electron chi connectivity index (χ1n) is 12.0. The van der Waals surface area contributed by atoms with Gasteiger partial charge in [-0.25, -0.2) is 9.78 Å². The lowest BCUT2D eigenvalue weighted by Crippen LogP contribution is -2.52. The highest BCUT2D eigenvalue weighted by Crippen LogP contribution is 2.57. The number of aryl methyl sites for hydroxylation is 1. The summed E-state index contributed by atoms with van der Waals surface area (Å²) in [5.41, 5.74) is -0.511. The monoisotopic (exact) mass is 459 g/mol. The highest BCUT2D eigenvalue weighted by molar-refractivity contribution is 5.83. The van der Waals surface area contributed by atoms with Crippen molar-refractivity contribution in [2.75, 3.05) is 6.54 Å². The maximum Gasteiger partial charge on any atom is 0.332 e. The van der Waals surface area contributed by atoms with Gasteiger partial charge in [-0.05, 0) is 51.4 Å². The van der Waals surface area contributed by atoms with Crippen molar-refractivity contribution >= 4 is 23.0 Å². The molecule has 0 saturated heterocycles. The standard InChI is InChI=1S/C23H33N5O5/c1-3-13-27-17-16(18(31)28(14-4-2)21(27)33)25-19(26-17)22-6-9-23(10-7-22,11-8-22)20(32)24-12-5-15(29)30/h3-14H2,1-2H3,(H,24,32)(H,25,26)(H,29,30). The molecule has 3 aliphatic carbocycles. The number of imidazole rings is 1. The van der Waals surface area contributed by atoms with Crippen LogP contribution >= 0.6 is 0 Å². The van der Waals surface area contributed by atoms with Gasteiger partial charge in [0.15, 0.2) is 5.65 Å². The van der Waals surface area contributed by atoms with Crippen molar-refractivity contribution in [3.8, 4) is 0 Å². The molecule has 0 radical (unpaired) electrons. The first-order chi connectivity index (χ1) is 15.8. The molecule has 33 heavy (non-hydrogen) atoms. The summed E-state index contributed by atoms with van der Waals surface area (Å²) in [5, 5.41) is 11.6. The maximum absolute atomic E-state index is 13.1. The third-order valence-electron chi connectivity index (χ3n) is 7.61. The molecular formula is C23H33N5O5. The molecule has 3 saturated carbocycles. The SMILES string of the molecule is CCCn1c(=O)c2[nH]c(C34CCC(C(=O)NCCC(=O)O)(CC3)CC4)nc2n(CCC)c1=O. The van der Waals surface area contributed by atoms with Gasteiger partial charge in [0, 0.05) is 30.5 Å². The minimum atomic E-state index is -0.927. The van der Waals surface area contributed by atoms with E-state index in [9.17, 15) is 19.2 Å². The zero-order valence-corrected chi connectivity index (χ0v) is 19.4. The Bertz CT molecular complexity index is 1170. The van der Waals surface area contributed by atoms with E-state index in [4.69, 9.17) is 10.1 Å². The van der Waals surface area contributed by atoms with E-state index in [0.717, 1.165) is 31.5 Å². The number of hydrogen-bond donors (Lipinski definition) is 3. The maximum atomic E-state index is 13.1. The van der Waals surface area contributed by atoms with E-state index >= 15 is 0 Å². The molecule has 1 amide bonds. The number of amides is 1. The Morgan fingerprint density at radius 1 is 1.03 bits per heavy atom. The van der Waals surface area contributed by atoms with Crippen LogP contribution in [0.25, 0.3) is 11.2 Å². The number of nitrogens with one attached hydrogen (secondary N) is 2. The molecule has 0 aliphatic heterocycles. The second kappa shape index (κ2) is 8.79. The van der Waals surface area contributed by atoms with Gasteiger partial charge in [-0.15, -0.1) is 0 Å². The molecule has 3 fully saturated rings. The van der Waals surface area contributed by atoms with Gasteiger partial charge in [0.2, 0.25) is 5.91 Å². The normalized spacial score (nSPS) is 24.3. The third-order valence-corrected chi connectivity index (χ3v) is 7.61. The van der Waals surface area contributed by atoms with Crippen molar-refractivity contribution < 1.29 is 14.7 Å². The summed E-state index contributed by atoms with van der Waals surface area (Å²) in [6.45, 7) is 4.94. The summed E-state index contributed by atoms with van der Waals surface area (Å²) in [5.74, 6) is -0.239. The van der Waals surface area contributed by atoms with E-state index in [1.54, 1.807) is 4.57 Å². The summed E-state index contributed by atoms with van der Waals surface area (Å²) >= 11 is 0. The molecule has 0 aromatic carbocycles. The van der Waals surface area contributed by atoms with Gasteiger partial charge < -0.3 is 15.4 Å². The number of aromatic amines is 1. The van der Waals surface area contributed by atoms with Crippen molar-refractivity contribution in [3.05, 3.63) is 26.7 Å². The molecule has 0 unspecified atom stereocenters. The van der Waals surface area contributed by atoms with Gasteiger partial charge in [-0.2, -0.15) is 0 Å². The summed E-state index contributed by atoms with van der Waals surface area (Å²) in [6.07, 6.45) is 5.75. The largest absolute Gasteiger partial charge is 0.481 e. The zero-order chi connectivity index (χ0) is 23.8. The molecule has 180 valence electrons. The molecule has 3 N–H and O–H groups in total. The van der Waals surface area contributed by atoms with Gasteiger partial charge in [-0.3, -0.25) is 23.5 Å². The van der Waals surface area contributed by atoms with Crippen molar-refractivity contribution in [2.45, 2.75) is 90.1 Å². The minimum Gasteiger partial charge on any atom is -0.481 e. The second-order valence-corrected chi connectivity index (χ2v) is 9.64. The van der Waals surface area contributed by atoms with Gasteiger partial charge in [0.1, 0.15) is 11.3 Å². The van der Waals surface area contributed by atoms with Crippen molar-refractivity contribution in [1.82, 2.24) is 24.4 Å². The Hall–Kier alpha value is -2.91. The van der Waals surface area contributed by atoms with Crippen LogP contribution in [0.1, 0.15) is 77.5 Å². The van der Waals surface area contributed by atoms with Crippen LogP contribution < -0.4 is 16.6 Å². The number of H-pyrrole nitrogens is 1. The topological polar surface area (TPSA) is 139 Å². The average Bonchev–Trinajstić information content (AvgIpc) is 3.27. The van der Waals surface area contributed by atoms with Gasteiger partial charge >= 0.3 is 11.7 Å². The first kappa shape index (κ1) is 23.3. The minimum absolute atomic E-state index is 0.0547. The lowest BCUT2D eigenvalue weighted by atomic mass is 9.53. The van der Waals surface area contributed by atoms with Gasteiger partial charge in [-0.1, -0.05) is 13.8 Å². The zero-order valence-electron chi connectivity index (χ0n) is 19.4. The first-order valence-corrected chi connectivity index (χ1v) is 12.0. The lowest BCUT2D eigenvalue weighted by molar-refractivity contribution is -0.139. The van der Waals surface area contributed by atoms with E-state index < -0.39 is 11.4 Å². The number of carboxylic acid groups (broad SMARTS) is 1. The molecule has 2 bridgehead atoms. The van der Waals surface area contributed by atoms with E-state index in [1.807, 2.05) is 13.8 Å². The van der Waals surface area contributed by atoms with Crippen molar-refractivity contribution in [1.29, 1.82) is 0 Å². The van der Waals surface area contributed by atoms with Gasteiger partial charge in [0.25, 0.3) is 5.56 Å². The quantitative estimate of drug-likeness (QED) is 0.523. The van der Waals surface area contributed by atoms with Crippen LogP contribution in [-0.2, 0) is 28.1 Å². The number of aliphatic carboxylic acids is 1. The van der Waals surface area contributed by atoms with E-state index in [-0.39, 0.29) is 35.5 Å². The van der Waals surface area contributed by atoms with Crippen LogP contribution in [0.15, 0.2) is 9.59 Å². The fraction of sp³-hybridized carbons (Fsp3) is 0.696. The molecule has 2 aromatic rings. The summed E-state index contributed by atoms with van der Waals surface area (Å²) in [4.78, 5) is 57.7. The highest BCUT2D eigenvalue weighted by Gasteiger charge is 2.54. The molecule has 3 aliphatic rings. The van der Waals surface area contributed by atoms with Crippen LogP contribution in [0.3, 0.4) is 0 Å². The Labute approximate surface area is 191 Å². The molecule has 0 spiro atoms. The van der Waals surface area contributed by atoms with Crippen LogP contribution in [0.2, 0.25) is 0 Å². The summed E-state index contributed by atoms with van der Waals surface area (Å²) < 4.78 is 2.90. The Morgan fingerprint density at radius 3 is 2.21 bits per heavy atom. The number of carbonyl (C=O) groups excluding carboxylic acids is 1. The number of carboxylic acids is 1. The average molecular weight is 460 g/mol. The fourth-order valence-electron chi connectivity index (χ4n) is 5.62. The van der Waals surface area contributed by atoms with E-state index in [2.05, 4.69) is 10.3 Å². The van der Waals surface area contributed by atoms with E-state index in [0.29, 0.717) is 49.9 Å². The molecule has 0 atom stereocenters. The van der Waals surface area contributed by atoms with Gasteiger partial charge in [0.05, 0.1) is 6.42 Å². The predicted octanol–water partition coefficient (Wildman–Crippen LogP) is 1.89. The van der Waals surface area contributed by atoms with Crippen molar-refractivity contribution in [3.63, 3.8) is 0 Å². The fourth-order valence-corrected chi connectivity index (χ4v) is 5.62. The van der Waals surface area contributed by atoms with Crippen molar-refractivity contribution in [2.24, 2.45) is 5.41 Å². The highest BCUT2D eigenvalue weighted by atomic mass is 16.4. The molecule has 5 rings (SSSR count). The molecule has 2 heterocycles. The Kier molecular flexibility index (Phi) is 6.20. The number of carbonyl (C=O) groups is 2. The van der Waals surface area contributed by atoms with Crippen LogP contribution in [-0.4, -0.2) is 42.6 Å². The third kappa shape index (κ3) is 3.89. The number of hydrogen-bond acceptors (Lipinski definition) is 5. The van der Waals surface area contributed by atoms with Crippen LogP contribution in [0.5, 0.6) is 0 Å². The Morgan fingerprint density at radius 2 is 1.64 bits per heavy atom. The number of rotatable bonds is 9. The second-order valence-electron chi connectivity index (χ2n) is 9.64. The number of fused-ring (bicyclic) bond motifs is 4. The van der Waals surface area contributed by atoms with Crippen LogP contribution in [0, 0.1) is 5.41 Å². The summed E-state index contributed by atoms with van der Waals surface area (Å²) in [6, 6.07) is 0. The van der Waals surface area contributed by atoms with Crippen LogP contribution in [0.4, 0.5) is 0 Å². The Balaban J connectivity index is 1.64. The molecule has 10 nitrogen and oxygen atoms in total. The van der Waals surface area contributed by atoms with E-state index in [1.165, 1.54) is 4.57 Å². The smallest absolute Gasteiger partial charge is 0.332 e. The molecule has 10 heteroatoms. The number of aromatic nitrogens is 4. The summed E-state index contributed by atoms with van der Waals surface area (Å²) in [7, 11) is 0. The number of nitrogens with zero attached hydrogens (tertiary/aromatic N) is 3. The molecular weight excluding hydrogens is 426 g/mol. The lowest BCUT2D eigenvalue weighted by Gasteiger charge is -2.51. The predicted molar refractivity (Wildman–Crippen MR) is 122 cm³/mol. The molecule has 2 aromatic heterocycles.